The molecule has 3 heteroatoms. The SMILES string of the molecule is COC(CC(=O)OC(C)(C)C)C1CC2C=CC1C2. The van der Waals surface area contributed by atoms with E-state index in [1.807, 2.05) is 20.8 Å². The first-order valence-electron chi connectivity index (χ1n) is 6.82. The number of esters is 1. The van der Waals surface area contributed by atoms with Crippen LogP contribution in [0.1, 0.15) is 40.0 Å². The molecule has 0 heterocycles. The van der Waals surface area contributed by atoms with Gasteiger partial charge in [0.15, 0.2) is 0 Å². The number of methoxy groups -OCH3 is 1. The Bertz CT molecular complexity index is 340. The second-order valence-electron chi connectivity index (χ2n) is 6.51. The molecule has 1 fully saturated rings. The van der Waals surface area contributed by atoms with E-state index >= 15 is 0 Å². The van der Waals surface area contributed by atoms with Crippen LogP contribution in [0.5, 0.6) is 0 Å². The monoisotopic (exact) mass is 252 g/mol. The number of carbonyl (C=O) groups is 1. The van der Waals surface area contributed by atoms with E-state index in [1.54, 1.807) is 7.11 Å². The Labute approximate surface area is 110 Å². The number of carbonyl (C=O) groups excluding carboxylic acids is 1. The van der Waals surface area contributed by atoms with E-state index in [0.717, 1.165) is 6.42 Å². The summed E-state index contributed by atoms with van der Waals surface area (Å²) in [6.07, 6.45) is 7.36. The molecule has 102 valence electrons. The van der Waals surface area contributed by atoms with Crippen LogP contribution in [0.15, 0.2) is 12.2 Å². The van der Waals surface area contributed by atoms with E-state index in [9.17, 15) is 4.79 Å². The minimum absolute atomic E-state index is 0.000185. The van der Waals surface area contributed by atoms with E-state index in [0.29, 0.717) is 24.2 Å². The Morgan fingerprint density at radius 2 is 2.06 bits per heavy atom. The summed E-state index contributed by atoms with van der Waals surface area (Å²) in [4.78, 5) is 11.9. The van der Waals surface area contributed by atoms with Gasteiger partial charge in [0.05, 0.1) is 12.5 Å². The second kappa shape index (κ2) is 5.04. The maximum absolute atomic E-state index is 11.9. The van der Waals surface area contributed by atoms with Gasteiger partial charge in [-0.05, 0) is 51.4 Å². The number of rotatable bonds is 4. The average molecular weight is 252 g/mol. The van der Waals surface area contributed by atoms with Gasteiger partial charge in [-0.25, -0.2) is 0 Å². The minimum Gasteiger partial charge on any atom is -0.460 e. The van der Waals surface area contributed by atoms with Gasteiger partial charge in [0.2, 0.25) is 0 Å². The van der Waals surface area contributed by atoms with Gasteiger partial charge >= 0.3 is 5.97 Å². The van der Waals surface area contributed by atoms with Gasteiger partial charge in [0.25, 0.3) is 0 Å². The average Bonchev–Trinajstić information content (AvgIpc) is 2.84. The van der Waals surface area contributed by atoms with Gasteiger partial charge < -0.3 is 9.47 Å². The molecule has 2 rings (SSSR count). The first kappa shape index (κ1) is 13.6. The second-order valence-corrected chi connectivity index (χ2v) is 6.51. The van der Waals surface area contributed by atoms with Crippen molar-refractivity contribution in [3.05, 3.63) is 12.2 Å². The van der Waals surface area contributed by atoms with E-state index in [-0.39, 0.29) is 12.1 Å². The van der Waals surface area contributed by atoms with Crippen LogP contribution in [-0.4, -0.2) is 24.8 Å². The summed E-state index contributed by atoms with van der Waals surface area (Å²) in [5.74, 6) is 1.64. The van der Waals surface area contributed by atoms with E-state index in [4.69, 9.17) is 9.47 Å². The van der Waals surface area contributed by atoms with Gasteiger partial charge in [-0.1, -0.05) is 12.2 Å². The van der Waals surface area contributed by atoms with Crippen LogP contribution in [0.4, 0.5) is 0 Å². The summed E-state index contributed by atoms with van der Waals surface area (Å²) in [5, 5.41) is 0. The van der Waals surface area contributed by atoms with E-state index < -0.39 is 5.60 Å². The summed E-state index contributed by atoms with van der Waals surface area (Å²) in [6.45, 7) is 5.69. The Morgan fingerprint density at radius 3 is 2.50 bits per heavy atom. The third kappa shape index (κ3) is 3.14. The fraction of sp³-hybridized carbons (Fsp3) is 0.800. The quantitative estimate of drug-likeness (QED) is 0.570. The van der Waals surface area contributed by atoms with Gasteiger partial charge in [-0.2, -0.15) is 0 Å². The van der Waals surface area contributed by atoms with Crippen molar-refractivity contribution in [2.24, 2.45) is 17.8 Å². The molecule has 0 amide bonds. The molecule has 18 heavy (non-hydrogen) atoms. The van der Waals surface area contributed by atoms with Gasteiger partial charge in [0.1, 0.15) is 5.60 Å². The summed E-state index contributed by atoms with van der Waals surface area (Å²) in [5.41, 5.74) is -0.413. The van der Waals surface area contributed by atoms with Gasteiger partial charge in [0, 0.05) is 7.11 Å². The fourth-order valence-electron chi connectivity index (χ4n) is 3.21. The number of hydrogen-bond donors (Lipinski definition) is 0. The van der Waals surface area contributed by atoms with Crippen molar-refractivity contribution in [2.45, 2.75) is 51.7 Å². The summed E-state index contributed by atoms with van der Waals surface area (Å²) < 4.78 is 10.9. The lowest BCUT2D eigenvalue weighted by atomic mass is 9.87. The van der Waals surface area contributed by atoms with Crippen LogP contribution in [0.25, 0.3) is 0 Å². The highest BCUT2D eigenvalue weighted by molar-refractivity contribution is 5.70. The molecule has 4 unspecified atom stereocenters. The molecule has 0 saturated heterocycles. The first-order chi connectivity index (χ1) is 8.39. The highest BCUT2D eigenvalue weighted by Crippen LogP contribution is 2.46. The zero-order valence-corrected chi connectivity index (χ0v) is 11.8. The minimum atomic E-state index is -0.413. The molecular formula is C15H24O3. The molecule has 1 saturated carbocycles. The van der Waals surface area contributed by atoms with Crippen LogP contribution in [0, 0.1) is 17.8 Å². The molecule has 4 atom stereocenters. The third-order valence-corrected chi connectivity index (χ3v) is 3.90. The lowest BCUT2D eigenvalue weighted by Gasteiger charge is -2.28. The van der Waals surface area contributed by atoms with Crippen LogP contribution >= 0.6 is 0 Å². The first-order valence-corrected chi connectivity index (χ1v) is 6.82. The van der Waals surface area contributed by atoms with Gasteiger partial charge in [-0.3, -0.25) is 4.79 Å². The van der Waals surface area contributed by atoms with Crippen LogP contribution in [0.3, 0.4) is 0 Å². The fourth-order valence-corrected chi connectivity index (χ4v) is 3.21. The third-order valence-electron chi connectivity index (χ3n) is 3.90. The van der Waals surface area contributed by atoms with Crippen molar-refractivity contribution in [1.29, 1.82) is 0 Å². The van der Waals surface area contributed by atoms with Crippen molar-refractivity contribution in [3.63, 3.8) is 0 Å². The van der Waals surface area contributed by atoms with Crippen LogP contribution < -0.4 is 0 Å². The van der Waals surface area contributed by atoms with Crippen molar-refractivity contribution in [3.8, 4) is 0 Å². The standard InChI is InChI=1S/C15H24O3/c1-15(2,3)18-14(16)9-13(17-4)12-8-10-5-6-11(12)7-10/h5-6,10-13H,7-9H2,1-4H3. The predicted octanol–water partition coefficient (Wildman–Crippen LogP) is 2.95. The zero-order chi connectivity index (χ0) is 13.3. The summed E-state index contributed by atoms with van der Waals surface area (Å²) in [7, 11) is 1.70. The predicted molar refractivity (Wildman–Crippen MR) is 70.1 cm³/mol. The molecule has 0 aromatic carbocycles. The molecule has 0 aromatic heterocycles. The maximum Gasteiger partial charge on any atom is 0.308 e. The molecule has 0 radical (unpaired) electrons. The highest BCUT2D eigenvalue weighted by atomic mass is 16.6. The molecular weight excluding hydrogens is 228 g/mol. The normalized spacial score (nSPS) is 31.7. The van der Waals surface area contributed by atoms with E-state index in [1.165, 1.54) is 6.42 Å². The maximum atomic E-state index is 11.9. The van der Waals surface area contributed by atoms with Gasteiger partial charge in [-0.15, -0.1) is 0 Å². The molecule has 0 N–H and O–H groups in total. The van der Waals surface area contributed by atoms with Crippen molar-refractivity contribution < 1.29 is 14.3 Å². The van der Waals surface area contributed by atoms with Crippen LogP contribution in [0.2, 0.25) is 0 Å². The van der Waals surface area contributed by atoms with Crippen LogP contribution in [-0.2, 0) is 14.3 Å². The Kier molecular flexibility index (Phi) is 3.81. The molecule has 0 aromatic rings. The Balaban J connectivity index is 1.90. The Hall–Kier alpha value is -0.830. The largest absolute Gasteiger partial charge is 0.460 e. The topological polar surface area (TPSA) is 35.5 Å². The molecule has 3 nitrogen and oxygen atoms in total. The number of ether oxygens (including phenoxy) is 2. The number of hydrogen-bond acceptors (Lipinski definition) is 3. The molecule has 2 aliphatic carbocycles. The number of allylic oxidation sites excluding steroid dienone is 2. The number of fused-ring (bicyclic) bond motifs is 2. The highest BCUT2D eigenvalue weighted by Gasteiger charge is 2.41. The zero-order valence-electron chi connectivity index (χ0n) is 11.8. The molecule has 2 aliphatic rings. The van der Waals surface area contributed by atoms with E-state index in [2.05, 4.69) is 12.2 Å². The molecule has 0 spiro atoms. The smallest absolute Gasteiger partial charge is 0.308 e. The molecule has 2 bridgehead atoms. The lowest BCUT2D eigenvalue weighted by Crippen LogP contribution is -2.32. The van der Waals surface area contributed by atoms with Crippen molar-refractivity contribution >= 4 is 5.97 Å². The lowest BCUT2D eigenvalue weighted by molar-refractivity contribution is -0.158. The van der Waals surface area contributed by atoms with Crippen molar-refractivity contribution in [1.82, 2.24) is 0 Å². The molecule has 0 aliphatic heterocycles. The van der Waals surface area contributed by atoms with Crippen molar-refractivity contribution in [2.75, 3.05) is 7.11 Å². The summed E-state index contributed by atoms with van der Waals surface area (Å²) >= 11 is 0. The summed E-state index contributed by atoms with van der Waals surface area (Å²) in [6, 6.07) is 0. The Morgan fingerprint density at radius 1 is 1.33 bits per heavy atom.